The first-order valence-electron chi connectivity index (χ1n) is 6.12. The van der Waals surface area contributed by atoms with Crippen molar-refractivity contribution in [1.82, 2.24) is 0 Å². The SMILES string of the molecule is CCc1ccc(CC(CBr)c2ccccc2F)s1. The molecule has 0 nitrogen and oxygen atoms in total. The molecule has 0 spiro atoms. The van der Waals surface area contributed by atoms with Gasteiger partial charge in [0.05, 0.1) is 0 Å². The van der Waals surface area contributed by atoms with Crippen molar-refractivity contribution in [1.29, 1.82) is 0 Å². The molecule has 2 aromatic rings. The van der Waals surface area contributed by atoms with E-state index in [0.29, 0.717) is 0 Å². The van der Waals surface area contributed by atoms with Gasteiger partial charge in [-0.2, -0.15) is 0 Å². The zero-order chi connectivity index (χ0) is 13.0. The number of thiophene rings is 1. The minimum Gasteiger partial charge on any atom is -0.207 e. The number of hydrogen-bond donors (Lipinski definition) is 0. The highest BCUT2D eigenvalue weighted by molar-refractivity contribution is 9.09. The lowest BCUT2D eigenvalue weighted by molar-refractivity contribution is 0.591. The van der Waals surface area contributed by atoms with Crippen molar-refractivity contribution in [3.05, 3.63) is 57.5 Å². The van der Waals surface area contributed by atoms with Crippen LogP contribution in [0.4, 0.5) is 4.39 Å². The molecular formula is C15H16BrFS. The lowest BCUT2D eigenvalue weighted by atomic mass is 9.96. The van der Waals surface area contributed by atoms with Gasteiger partial charge in [0.2, 0.25) is 0 Å². The molecule has 1 heterocycles. The van der Waals surface area contributed by atoms with E-state index in [1.54, 1.807) is 6.07 Å². The van der Waals surface area contributed by atoms with E-state index in [4.69, 9.17) is 0 Å². The summed E-state index contributed by atoms with van der Waals surface area (Å²) in [7, 11) is 0. The topological polar surface area (TPSA) is 0 Å². The average molecular weight is 327 g/mol. The monoisotopic (exact) mass is 326 g/mol. The fourth-order valence-corrected chi connectivity index (χ4v) is 3.63. The molecule has 1 aromatic heterocycles. The summed E-state index contributed by atoms with van der Waals surface area (Å²) in [6.07, 6.45) is 1.97. The van der Waals surface area contributed by atoms with Gasteiger partial charge in [-0.05, 0) is 36.6 Å². The van der Waals surface area contributed by atoms with Crippen LogP contribution in [-0.4, -0.2) is 5.33 Å². The molecule has 0 aliphatic heterocycles. The van der Waals surface area contributed by atoms with Crippen LogP contribution in [0.15, 0.2) is 36.4 Å². The molecule has 96 valence electrons. The second-order valence-electron chi connectivity index (χ2n) is 4.30. The van der Waals surface area contributed by atoms with Crippen molar-refractivity contribution in [2.75, 3.05) is 5.33 Å². The number of hydrogen-bond acceptors (Lipinski definition) is 1. The van der Waals surface area contributed by atoms with Crippen molar-refractivity contribution in [3.63, 3.8) is 0 Å². The molecule has 0 aliphatic rings. The number of benzene rings is 1. The number of alkyl halides is 1. The van der Waals surface area contributed by atoms with Gasteiger partial charge in [0.25, 0.3) is 0 Å². The highest BCUT2D eigenvalue weighted by atomic mass is 79.9. The van der Waals surface area contributed by atoms with Crippen LogP contribution in [0, 0.1) is 5.82 Å². The van der Waals surface area contributed by atoms with E-state index >= 15 is 0 Å². The zero-order valence-electron chi connectivity index (χ0n) is 10.3. The van der Waals surface area contributed by atoms with Crippen molar-refractivity contribution >= 4 is 27.3 Å². The maximum Gasteiger partial charge on any atom is 0.126 e. The molecule has 3 heteroatoms. The van der Waals surface area contributed by atoms with Crippen molar-refractivity contribution in [2.24, 2.45) is 0 Å². The number of rotatable bonds is 5. The average Bonchev–Trinajstić information content (AvgIpc) is 2.85. The Morgan fingerprint density at radius 1 is 1.17 bits per heavy atom. The van der Waals surface area contributed by atoms with Crippen molar-refractivity contribution in [3.8, 4) is 0 Å². The van der Waals surface area contributed by atoms with E-state index in [9.17, 15) is 4.39 Å². The number of halogens is 2. The summed E-state index contributed by atoms with van der Waals surface area (Å²) in [6.45, 7) is 2.16. The van der Waals surface area contributed by atoms with Gasteiger partial charge in [0.1, 0.15) is 5.82 Å². The van der Waals surface area contributed by atoms with Gasteiger partial charge in [-0.25, -0.2) is 4.39 Å². The lowest BCUT2D eigenvalue weighted by Gasteiger charge is -2.14. The molecule has 0 saturated heterocycles. The van der Waals surface area contributed by atoms with E-state index in [1.807, 2.05) is 23.5 Å². The predicted octanol–water partition coefficient (Wildman–Crippen LogP) is 5.17. The summed E-state index contributed by atoms with van der Waals surface area (Å²) < 4.78 is 13.8. The highest BCUT2D eigenvalue weighted by Crippen LogP contribution is 2.28. The zero-order valence-corrected chi connectivity index (χ0v) is 12.7. The second kappa shape index (κ2) is 6.48. The molecule has 0 saturated carbocycles. The summed E-state index contributed by atoms with van der Waals surface area (Å²) in [4.78, 5) is 2.73. The summed E-state index contributed by atoms with van der Waals surface area (Å²) in [6, 6.07) is 11.4. The summed E-state index contributed by atoms with van der Waals surface area (Å²) in [5, 5.41) is 0.785. The Bertz CT molecular complexity index is 507. The van der Waals surface area contributed by atoms with Crippen LogP contribution in [0.25, 0.3) is 0 Å². The molecular weight excluding hydrogens is 311 g/mol. The molecule has 1 aromatic carbocycles. The van der Waals surface area contributed by atoms with Gasteiger partial charge >= 0.3 is 0 Å². The molecule has 18 heavy (non-hydrogen) atoms. The van der Waals surface area contributed by atoms with E-state index in [2.05, 4.69) is 35.0 Å². The van der Waals surface area contributed by atoms with E-state index in [0.717, 1.165) is 23.7 Å². The molecule has 0 amide bonds. The van der Waals surface area contributed by atoms with Crippen LogP contribution < -0.4 is 0 Å². The predicted molar refractivity (Wildman–Crippen MR) is 80.3 cm³/mol. The Morgan fingerprint density at radius 2 is 1.89 bits per heavy atom. The van der Waals surface area contributed by atoms with Gasteiger partial charge in [-0.3, -0.25) is 0 Å². The molecule has 2 rings (SSSR count). The third kappa shape index (κ3) is 3.21. The van der Waals surface area contributed by atoms with Crippen molar-refractivity contribution in [2.45, 2.75) is 25.7 Å². The summed E-state index contributed by atoms with van der Waals surface area (Å²) in [5.41, 5.74) is 0.806. The van der Waals surface area contributed by atoms with Crippen LogP contribution in [-0.2, 0) is 12.8 Å². The summed E-state index contributed by atoms with van der Waals surface area (Å²) >= 11 is 5.34. The van der Waals surface area contributed by atoms with Gasteiger partial charge in [0.15, 0.2) is 0 Å². The maximum atomic E-state index is 13.8. The molecule has 0 bridgehead atoms. The van der Waals surface area contributed by atoms with Gasteiger partial charge in [-0.15, -0.1) is 11.3 Å². The normalized spacial score (nSPS) is 12.6. The van der Waals surface area contributed by atoms with Gasteiger partial charge < -0.3 is 0 Å². The van der Waals surface area contributed by atoms with E-state index < -0.39 is 0 Å². The van der Waals surface area contributed by atoms with Crippen LogP contribution in [0.2, 0.25) is 0 Å². The van der Waals surface area contributed by atoms with Crippen LogP contribution in [0.3, 0.4) is 0 Å². The third-order valence-corrected chi connectivity index (χ3v) is 5.08. The smallest absolute Gasteiger partial charge is 0.126 e. The van der Waals surface area contributed by atoms with Crippen molar-refractivity contribution < 1.29 is 4.39 Å². The Morgan fingerprint density at radius 3 is 2.50 bits per heavy atom. The standard InChI is InChI=1S/C15H16BrFS/c1-2-12-7-8-13(18-12)9-11(10-16)14-5-3-4-6-15(14)17/h3-8,11H,2,9-10H2,1H3. The van der Waals surface area contributed by atoms with E-state index in [-0.39, 0.29) is 11.7 Å². The highest BCUT2D eigenvalue weighted by Gasteiger charge is 2.15. The fraction of sp³-hybridized carbons (Fsp3) is 0.333. The molecule has 1 unspecified atom stereocenters. The minimum absolute atomic E-state index is 0.103. The van der Waals surface area contributed by atoms with Crippen LogP contribution in [0.5, 0.6) is 0 Å². The number of aryl methyl sites for hydroxylation is 1. The quantitative estimate of drug-likeness (QED) is 0.665. The molecule has 0 fully saturated rings. The molecule has 0 aliphatic carbocycles. The van der Waals surface area contributed by atoms with Gasteiger partial charge in [0, 0.05) is 21.0 Å². The minimum atomic E-state index is -0.103. The molecule has 1 atom stereocenters. The maximum absolute atomic E-state index is 13.8. The van der Waals surface area contributed by atoms with Crippen LogP contribution >= 0.6 is 27.3 Å². The largest absolute Gasteiger partial charge is 0.207 e. The Hall–Kier alpha value is -0.670. The fourth-order valence-electron chi connectivity index (χ4n) is 2.02. The second-order valence-corrected chi connectivity index (χ2v) is 6.20. The third-order valence-electron chi connectivity index (χ3n) is 3.04. The summed E-state index contributed by atoms with van der Waals surface area (Å²) in [5.74, 6) is 0.101. The molecule has 0 radical (unpaired) electrons. The first kappa shape index (κ1) is 13.8. The molecule has 0 N–H and O–H groups in total. The Balaban J connectivity index is 2.17. The lowest BCUT2D eigenvalue weighted by Crippen LogP contribution is -2.05. The van der Waals surface area contributed by atoms with E-state index in [1.165, 1.54) is 15.8 Å². The Labute approximate surface area is 120 Å². The first-order valence-corrected chi connectivity index (χ1v) is 8.06. The Kier molecular flexibility index (Phi) is 4.95. The first-order chi connectivity index (χ1) is 8.74. The van der Waals surface area contributed by atoms with Gasteiger partial charge in [-0.1, -0.05) is 41.1 Å². The van der Waals surface area contributed by atoms with Crippen LogP contribution in [0.1, 0.15) is 28.2 Å².